The van der Waals surface area contributed by atoms with Gasteiger partial charge < -0.3 is 29.3 Å². The summed E-state index contributed by atoms with van der Waals surface area (Å²) in [6.07, 6.45) is 1.84. The number of aliphatic hydroxyl groups excluding tert-OH is 1. The van der Waals surface area contributed by atoms with Gasteiger partial charge in [0.2, 0.25) is 0 Å². The van der Waals surface area contributed by atoms with Gasteiger partial charge in [0.1, 0.15) is 41.1 Å². The second-order valence-electron chi connectivity index (χ2n) is 8.15. The predicted molar refractivity (Wildman–Crippen MR) is 123 cm³/mol. The number of benzene rings is 2. The third-order valence-corrected chi connectivity index (χ3v) is 6.18. The molecule has 2 aliphatic rings. The van der Waals surface area contributed by atoms with Gasteiger partial charge in [-0.15, -0.1) is 12.4 Å². The Labute approximate surface area is 198 Å². The van der Waals surface area contributed by atoms with E-state index in [1.54, 1.807) is 6.07 Å². The van der Waals surface area contributed by atoms with Crippen molar-refractivity contribution in [2.75, 3.05) is 33.4 Å². The van der Waals surface area contributed by atoms with Crippen molar-refractivity contribution >= 4 is 30.0 Å². The van der Waals surface area contributed by atoms with Crippen LogP contribution in [0.4, 0.5) is 0 Å². The molecule has 0 aromatic heterocycles. The number of hydrogen-bond acceptors (Lipinski definition) is 6. The van der Waals surface area contributed by atoms with E-state index in [9.17, 15) is 15.0 Å². The molecule has 1 atom stereocenters. The van der Waals surface area contributed by atoms with E-state index in [-0.39, 0.29) is 35.9 Å². The summed E-state index contributed by atoms with van der Waals surface area (Å²) in [5.74, 6) is 0.500. The summed E-state index contributed by atoms with van der Waals surface area (Å²) in [5.41, 5.74) is 0.995. The number of methoxy groups -OCH3 is 1. The molecule has 1 saturated heterocycles. The van der Waals surface area contributed by atoms with Crippen LogP contribution in [-0.2, 0) is 6.42 Å². The third kappa shape index (κ3) is 5.41. The average molecular weight is 484 g/mol. The summed E-state index contributed by atoms with van der Waals surface area (Å²) >= 11 is 6.11. The zero-order chi connectivity index (χ0) is 22.0. The van der Waals surface area contributed by atoms with E-state index in [2.05, 4.69) is 4.90 Å². The van der Waals surface area contributed by atoms with Gasteiger partial charge in [-0.1, -0.05) is 11.6 Å². The Balaban J connectivity index is 0.00000289. The maximum atomic E-state index is 11.4. The molecule has 0 radical (unpaired) electrons. The van der Waals surface area contributed by atoms with Gasteiger partial charge in [0, 0.05) is 50.0 Å². The molecule has 0 bridgehead atoms. The highest BCUT2D eigenvalue weighted by molar-refractivity contribution is 6.30. The second-order valence-corrected chi connectivity index (χ2v) is 8.58. The molecule has 0 aliphatic carbocycles. The quantitative estimate of drug-likeness (QED) is 0.620. The van der Waals surface area contributed by atoms with Gasteiger partial charge in [0.05, 0.1) is 7.11 Å². The number of carbonyl (C=O) groups is 1. The number of likely N-dealkylation sites (tertiary alicyclic amines) is 1. The van der Waals surface area contributed by atoms with Crippen LogP contribution in [0.25, 0.3) is 0 Å². The standard InChI is InChI=1S/C23H26ClNO6.ClH/c1-29-18-3-4-19(22(27)28)21(11-18)30-14-17(26)13-25-8-6-23(7-9-25)12-15-10-16(24)2-5-20(15)31-23;/h2-5,10-11,17,26H,6-9,12-14H2,1H3,(H,27,28);1H/t17-;/m0./s1. The number of piperidine rings is 1. The van der Waals surface area contributed by atoms with Gasteiger partial charge in [-0.3, -0.25) is 0 Å². The van der Waals surface area contributed by atoms with Crippen LogP contribution < -0.4 is 14.2 Å². The smallest absolute Gasteiger partial charge is 0.339 e. The van der Waals surface area contributed by atoms with Crippen molar-refractivity contribution in [3.05, 3.63) is 52.5 Å². The van der Waals surface area contributed by atoms with Crippen molar-refractivity contribution in [1.82, 2.24) is 4.90 Å². The zero-order valence-electron chi connectivity index (χ0n) is 17.8. The van der Waals surface area contributed by atoms with Crippen LogP contribution in [0.5, 0.6) is 17.2 Å². The van der Waals surface area contributed by atoms with Gasteiger partial charge in [-0.2, -0.15) is 0 Å². The first-order chi connectivity index (χ1) is 14.9. The number of rotatable bonds is 7. The number of halogens is 2. The number of carboxylic acids is 1. The molecule has 2 aromatic rings. The molecule has 2 N–H and O–H groups in total. The van der Waals surface area contributed by atoms with E-state index in [1.165, 1.54) is 19.2 Å². The molecule has 1 spiro atoms. The summed E-state index contributed by atoms with van der Waals surface area (Å²) in [6, 6.07) is 10.3. The molecule has 0 saturated carbocycles. The monoisotopic (exact) mass is 483 g/mol. The summed E-state index contributed by atoms with van der Waals surface area (Å²) in [7, 11) is 1.50. The number of hydrogen-bond donors (Lipinski definition) is 2. The molecule has 2 aliphatic heterocycles. The van der Waals surface area contributed by atoms with E-state index < -0.39 is 12.1 Å². The van der Waals surface area contributed by atoms with Crippen LogP contribution in [0.2, 0.25) is 5.02 Å². The number of carboxylic acid groups (broad SMARTS) is 1. The van der Waals surface area contributed by atoms with E-state index in [4.69, 9.17) is 25.8 Å². The normalized spacial score (nSPS) is 17.7. The lowest BCUT2D eigenvalue weighted by molar-refractivity contribution is -0.00203. The first kappa shape index (κ1) is 24.5. The van der Waals surface area contributed by atoms with Crippen LogP contribution in [0.15, 0.2) is 36.4 Å². The number of ether oxygens (including phenoxy) is 3. The van der Waals surface area contributed by atoms with Crippen molar-refractivity contribution in [3.8, 4) is 17.2 Å². The number of aliphatic hydroxyl groups is 1. The minimum Gasteiger partial charge on any atom is -0.497 e. The van der Waals surface area contributed by atoms with Gasteiger partial charge >= 0.3 is 5.97 Å². The minimum absolute atomic E-state index is 0. The molecule has 0 amide bonds. The Morgan fingerprint density at radius 2 is 2.00 bits per heavy atom. The third-order valence-electron chi connectivity index (χ3n) is 5.95. The Morgan fingerprint density at radius 1 is 1.25 bits per heavy atom. The average Bonchev–Trinajstić information content (AvgIpc) is 3.10. The minimum atomic E-state index is -1.09. The number of nitrogens with zero attached hydrogens (tertiary/aromatic N) is 1. The highest BCUT2D eigenvalue weighted by atomic mass is 35.5. The lowest BCUT2D eigenvalue weighted by Gasteiger charge is -2.39. The summed E-state index contributed by atoms with van der Waals surface area (Å²) < 4.78 is 17.0. The Bertz CT molecular complexity index is 961. The molecule has 7 nitrogen and oxygen atoms in total. The van der Waals surface area contributed by atoms with Crippen molar-refractivity contribution in [3.63, 3.8) is 0 Å². The topological polar surface area (TPSA) is 88.5 Å². The molecular weight excluding hydrogens is 457 g/mol. The maximum absolute atomic E-state index is 11.4. The first-order valence-corrected chi connectivity index (χ1v) is 10.7. The summed E-state index contributed by atoms with van der Waals surface area (Å²) in [5, 5.41) is 20.5. The van der Waals surface area contributed by atoms with E-state index in [1.807, 2.05) is 18.2 Å². The summed E-state index contributed by atoms with van der Waals surface area (Å²) in [4.78, 5) is 13.6. The number of β-amino-alcohol motifs (C(OH)–C–C–N with tert-alkyl or cyclic N) is 1. The molecule has 1 fully saturated rings. The largest absolute Gasteiger partial charge is 0.497 e. The van der Waals surface area contributed by atoms with Crippen molar-refractivity contribution < 1.29 is 29.2 Å². The van der Waals surface area contributed by atoms with Crippen molar-refractivity contribution in [2.24, 2.45) is 0 Å². The van der Waals surface area contributed by atoms with Gasteiger partial charge in [0.15, 0.2) is 0 Å². The van der Waals surface area contributed by atoms with Gasteiger partial charge in [0.25, 0.3) is 0 Å². The zero-order valence-corrected chi connectivity index (χ0v) is 19.3. The molecule has 0 unspecified atom stereocenters. The van der Waals surface area contributed by atoms with E-state index in [0.29, 0.717) is 12.3 Å². The molecule has 2 heterocycles. The van der Waals surface area contributed by atoms with Crippen LogP contribution in [-0.4, -0.2) is 66.1 Å². The molecule has 2 aromatic carbocycles. The Kier molecular flexibility index (Phi) is 7.77. The fourth-order valence-corrected chi connectivity index (χ4v) is 4.48. The van der Waals surface area contributed by atoms with Crippen molar-refractivity contribution in [1.29, 1.82) is 0 Å². The molecule has 4 rings (SSSR count). The molecular formula is C23H27Cl2NO6. The molecule has 32 heavy (non-hydrogen) atoms. The lowest BCUT2D eigenvalue weighted by Crippen LogP contribution is -2.49. The second kappa shape index (κ2) is 10.2. The highest BCUT2D eigenvalue weighted by Crippen LogP contribution is 2.41. The predicted octanol–water partition coefficient (Wildman–Crippen LogP) is 3.68. The van der Waals surface area contributed by atoms with E-state index in [0.717, 1.165) is 48.7 Å². The lowest BCUT2D eigenvalue weighted by atomic mass is 9.87. The van der Waals surface area contributed by atoms with E-state index >= 15 is 0 Å². The number of aromatic carboxylic acids is 1. The summed E-state index contributed by atoms with van der Waals surface area (Å²) in [6.45, 7) is 2.05. The fourth-order valence-electron chi connectivity index (χ4n) is 4.29. The molecule has 174 valence electrons. The number of fused-ring (bicyclic) bond motifs is 1. The van der Waals surface area contributed by atoms with Crippen LogP contribution in [0.1, 0.15) is 28.8 Å². The SMILES string of the molecule is COc1ccc(C(=O)O)c(OC[C@@H](O)CN2CCC3(CC2)Cc2cc(Cl)ccc2O3)c1.Cl. The Hall–Kier alpha value is -2.19. The van der Waals surface area contributed by atoms with Gasteiger partial charge in [-0.05, 0) is 35.9 Å². The van der Waals surface area contributed by atoms with Crippen molar-refractivity contribution in [2.45, 2.75) is 31.0 Å². The van der Waals surface area contributed by atoms with Crippen LogP contribution >= 0.6 is 24.0 Å². The maximum Gasteiger partial charge on any atom is 0.339 e. The van der Waals surface area contributed by atoms with Gasteiger partial charge in [-0.25, -0.2) is 4.79 Å². The first-order valence-electron chi connectivity index (χ1n) is 10.3. The highest BCUT2D eigenvalue weighted by Gasteiger charge is 2.42. The Morgan fingerprint density at radius 3 is 2.69 bits per heavy atom. The van der Waals surface area contributed by atoms with Crippen LogP contribution in [0, 0.1) is 0 Å². The van der Waals surface area contributed by atoms with Crippen LogP contribution in [0.3, 0.4) is 0 Å². The fraction of sp³-hybridized carbons (Fsp3) is 0.435. The molecule has 9 heteroatoms.